The molecule has 1 N–H and O–H groups in total. The summed E-state index contributed by atoms with van der Waals surface area (Å²) >= 11 is 10.6. The Bertz CT molecular complexity index is 1350. The average molecular weight is 602 g/mol. The van der Waals surface area contributed by atoms with E-state index in [1.807, 2.05) is 37.3 Å². The molecule has 1 heterocycles. The number of rotatable bonds is 9. The van der Waals surface area contributed by atoms with Gasteiger partial charge in [-0.3, -0.25) is 19.3 Å². The van der Waals surface area contributed by atoms with Crippen LogP contribution in [0.25, 0.3) is 6.08 Å². The molecule has 1 fully saturated rings. The monoisotopic (exact) mass is 600 g/mol. The molecule has 1 saturated heterocycles. The number of amides is 3. The van der Waals surface area contributed by atoms with E-state index in [0.29, 0.717) is 41.0 Å². The Kier molecular flexibility index (Phi) is 8.91. The van der Waals surface area contributed by atoms with Crippen LogP contribution < -0.4 is 14.8 Å². The van der Waals surface area contributed by atoms with Crippen LogP contribution in [0.2, 0.25) is 5.02 Å². The summed E-state index contributed by atoms with van der Waals surface area (Å²) < 4.78 is 12.5. The van der Waals surface area contributed by atoms with Gasteiger partial charge < -0.3 is 14.8 Å². The normalized spacial score (nSPS) is 14.2. The second-order valence-electron chi connectivity index (χ2n) is 7.86. The summed E-state index contributed by atoms with van der Waals surface area (Å²) in [6.07, 6.45) is 1.55. The van der Waals surface area contributed by atoms with Crippen molar-refractivity contribution in [1.82, 2.24) is 4.90 Å². The lowest BCUT2D eigenvalue weighted by molar-refractivity contribution is -0.127. The van der Waals surface area contributed by atoms with Gasteiger partial charge >= 0.3 is 0 Å². The zero-order valence-electron chi connectivity index (χ0n) is 19.7. The minimum Gasteiger partial charge on any atom is -0.490 e. The summed E-state index contributed by atoms with van der Waals surface area (Å²) in [5.41, 5.74) is 2.09. The van der Waals surface area contributed by atoms with Crippen molar-refractivity contribution in [2.45, 2.75) is 13.5 Å². The largest absolute Gasteiger partial charge is 0.490 e. The molecular formula is C27H22BrClN2O5S. The molecule has 3 aromatic carbocycles. The lowest BCUT2D eigenvalue weighted by atomic mass is 10.1. The second-order valence-corrected chi connectivity index (χ2v) is 10.2. The van der Waals surface area contributed by atoms with Gasteiger partial charge in [0, 0.05) is 10.2 Å². The summed E-state index contributed by atoms with van der Waals surface area (Å²) in [4.78, 5) is 38.9. The molecule has 0 spiro atoms. The van der Waals surface area contributed by atoms with Gasteiger partial charge in [-0.1, -0.05) is 57.9 Å². The number of anilines is 1. The Balaban J connectivity index is 1.48. The number of thioether (sulfide) groups is 1. The summed E-state index contributed by atoms with van der Waals surface area (Å²) in [5, 5.41) is 2.46. The first-order valence-electron chi connectivity index (χ1n) is 11.3. The van der Waals surface area contributed by atoms with Gasteiger partial charge in [-0.15, -0.1) is 0 Å². The molecule has 0 unspecified atom stereocenters. The standard InChI is InChI=1S/C27H22BrClN2O5S/c1-2-35-22-13-18(12-21(29)25(22)36-16-17-6-4-3-5-7-17)14-23-26(33)31(27(34)37-23)15-24(32)30-20-10-8-19(28)9-11-20/h3-14H,2,15-16H2,1H3,(H,30,32)/b23-14-. The van der Waals surface area contributed by atoms with Crippen LogP contribution in [-0.2, 0) is 16.2 Å². The van der Waals surface area contributed by atoms with Crippen molar-refractivity contribution in [3.8, 4) is 11.5 Å². The Labute approximate surface area is 231 Å². The molecule has 3 aromatic rings. The highest BCUT2D eigenvalue weighted by Crippen LogP contribution is 2.39. The number of carbonyl (C=O) groups excluding carboxylic acids is 3. The molecule has 3 amide bonds. The molecule has 4 rings (SSSR count). The number of nitrogens with one attached hydrogen (secondary N) is 1. The quantitative estimate of drug-likeness (QED) is 0.273. The van der Waals surface area contributed by atoms with Gasteiger partial charge in [0.25, 0.3) is 11.1 Å². The summed E-state index contributed by atoms with van der Waals surface area (Å²) in [5.74, 6) is -0.223. The van der Waals surface area contributed by atoms with E-state index >= 15 is 0 Å². The topological polar surface area (TPSA) is 84.9 Å². The van der Waals surface area contributed by atoms with Gasteiger partial charge in [0.05, 0.1) is 16.5 Å². The first-order chi connectivity index (χ1) is 17.8. The van der Waals surface area contributed by atoms with Crippen LogP contribution in [0, 0.1) is 0 Å². The van der Waals surface area contributed by atoms with Crippen LogP contribution in [0.4, 0.5) is 10.5 Å². The number of halogens is 2. The Morgan fingerprint density at radius 1 is 1.08 bits per heavy atom. The van der Waals surface area contributed by atoms with Crippen LogP contribution in [0.15, 0.2) is 76.1 Å². The van der Waals surface area contributed by atoms with E-state index in [1.54, 1.807) is 42.5 Å². The molecule has 0 saturated carbocycles. The van der Waals surface area contributed by atoms with Crippen LogP contribution in [0.1, 0.15) is 18.1 Å². The van der Waals surface area contributed by atoms with Gasteiger partial charge in [-0.25, -0.2) is 0 Å². The fourth-order valence-corrected chi connectivity index (χ4v) is 4.85. The van der Waals surface area contributed by atoms with Crippen molar-refractivity contribution in [3.63, 3.8) is 0 Å². The van der Waals surface area contributed by atoms with Crippen molar-refractivity contribution in [1.29, 1.82) is 0 Å². The van der Waals surface area contributed by atoms with Crippen LogP contribution in [0.3, 0.4) is 0 Å². The molecule has 0 aromatic heterocycles. The molecule has 1 aliphatic heterocycles. The zero-order valence-corrected chi connectivity index (χ0v) is 22.9. The Morgan fingerprint density at radius 2 is 1.81 bits per heavy atom. The van der Waals surface area contributed by atoms with Gasteiger partial charge in [0.15, 0.2) is 11.5 Å². The molecule has 1 aliphatic rings. The third-order valence-corrected chi connectivity index (χ3v) is 6.88. The lowest BCUT2D eigenvalue weighted by Gasteiger charge is -2.15. The van der Waals surface area contributed by atoms with Gasteiger partial charge in [0.1, 0.15) is 13.2 Å². The molecule has 190 valence electrons. The van der Waals surface area contributed by atoms with E-state index in [2.05, 4.69) is 21.2 Å². The molecule has 0 atom stereocenters. The van der Waals surface area contributed by atoms with E-state index < -0.39 is 23.6 Å². The maximum Gasteiger partial charge on any atom is 0.294 e. The molecular weight excluding hydrogens is 580 g/mol. The van der Waals surface area contributed by atoms with Crippen molar-refractivity contribution in [2.24, 2.45) is 0 Å². The molecule has 37 heavy (non-hydrogen) atoms. The second kappa shape index (κ2) is 12.3. The molecule has 0 bridgehead atoms. The smallest absolute Gasteiger partial charge is 0.294 e. The third kappa shape index (κ3) is 6.94. The number of carbonyl (C=O) groups is 3. The van der Waals surface area contributed by atoms with Crippen LogP contribution in [0.5, 0.6) is 11.5 Å². The number of imide groups is 1. The van der Waals surface area contributed by atoms with Gasteiger partial charge in [0.2, 0.25) is 5.91 Å². The van der Waals surface area contributed by atoms with E-state index in [1.165, 1.54) is 0 Å². The highest BCUT2D eigenvalue weighted by molar-refractivity contribution is 9.10. The minimum absolute atomic E-state index is 0.179. The van der Waals surface area contributed by atoms with Crippen molar-refractivity contribution in [2.75, 3.05) is 18.5 Å². The predicted molar refractivity (Wildman–Crippen MR) is 149 cm³/mol. The number of nitrogens with zero attached hydrogens (tertiary/aromatic N) is 1. The Morgan fingerprint density at radius 3 is 2.51 bits per heavy atom. The van der Waals surface area contributed by atoms with Crippen molar-refractivity contribution >= 4 is 68.1 Å². The fraction of sp³-hybridized carbons (Fsp3) is 0.148. The highest BCUT2D eigenvalue weighted by Gasteiger charge is 2.36. The van der Waals surface area contributed by atoms with E-state index in [-0.39, 0.29) is 4.91 Å². The first-order valence-corrected chi connectivity index (χ1v) is 13.3. The van der Waals surface area contributed by atoms with E-state index in [4.69, 9.17) is 21.1 Å². The van der Waals surface area contributed by atoms with Gasteiger partial charge in [-0.2, -0.15) is 0 Å². The predicted octanol–water partition coefficient (Wildman–Crippen LogP) is 6.76. The number of ether oxygens (including phenoxy) is 2. The lowest BCUT2D eigenvalue weighted by Crippen LogP contribution is -2.36. The van der Waals surface area contributed by atoms with Crippen LogP contribution in [-0.4, -0.2) is 35.1 Å². The van der Waals surface area contributed by atoms with Crippen LogP contribution >= 0.6 is 39.3 Å². The molecule has 7 nitrogen and oxygen atoms in total. The maximum atomic E-state index is 12.9. The zero-order chi connectivity index (χ0) is 26.4. The number of hydrogen-bond donors (Lipinski definition) is 1. The average Bonchev–Trinajstić information content (AvgIpc) is 3.13. The molecule has 0 aliphatic carbocycles. The highest BCUT2D eigenvalue weighted by atomic mass is 79.9. The van der Waals surface area contributed by atoms with E-state index in [9.17, 15) is 14.4 Å². The number of hydrogen-bond acceptors (Lipinski definition) is 6. The number of benzene rings is 3. The molecule has 0 radical (unpaired) electrons. The summed E-state index contributed by atoms with van der Waals surface area (Å²) in [6, 6.07) is 20.0. The summed E-state index contributed by atoms with van der Waals surface area (Å²) in [6.45, 7) is 2.13. The van der Waals surface area contributed by atoms with E-state index in [0.717, 1.165) is 26.7 Å². The first kappa shape index (κ1) is 26.8. The fourth-order valence-electron chi connectivity index (χ4n) is 3.47. The van der Waals surface area contributed by atoms with Crippen molar-refractivity contribution in [3.05, 3.63) is 92.3 Å². The van der Waals surface area contributed by atoms with Gasteiger partial charge in [-0.05, 0) is 72.3 Å². The third-order valence-electron chi connectivity index (χ3n) is 5.16. The SMILES string of the molecule is CCOc1cc(/C=C2\SC(=O)N(CC(=O)Nc3ccc(Br)cc3)C2=O)cc(Cl)c1OCc1ccccc1. The van der Waals surface area contributed by atoms with Crippen molar-refractivity contribution < 1.29 is 23.9 Å². The Hall–Kier alpha value is -3.27. The molecule has 10 heteroatoms. The summed E-state index contributed by atoms with van der Waals surface area (Å²) in [7, 11) is 0. The maximum absolute atomic E-state index is 12.9. The minimum atomic E-state index is -0.556.